The minimum Gasteiger partial charge on any atom is -0.438 e. The maximum atomic E-state index is 5.76. The monoisotopic (exact) mass is 349 g/mol. The summed E-state index contributed by atoms with van der Waals surface area (Å²) in [4.78, 5) is 0. The number of halogens is 1. The highest BCUT2D eigenvalue weighted by Crippen LogP contribution is 2.28. The van der Waals surface area contributed by atoms with Crippen LogP contribution in [-0.2, 0) is 6.54 Å². The van der Waals surface area contributed by atoms with Gasteiger partial charge in [-0.1, -0.05) is 22.9 Å². The molecule has 4 nitrogen and oxygen atoms in total. The number of hydrogen-bond donors (Lipinski definition) is 1. The average molecular weight is 350 g/mol. The molecule has 1 aromatic heterocycles. The Morgan fingerprint density at radius 2 is 1.86 bits per heavy atom. The third-order valence-electron chi connectivity index (χ3n) is 3.06. The van der Waals surface area contributed by atoms with Crippen molar-refractivity contribution in [2.75, 3.05) is 6.54 Å². The van der Waals surface area contributed by atoms with Crippen LogP contribution in [0.1, 0.15) is 30.2 Å². The fourth-order valence-corrected chi connectivity index (χ4v) is 2.20. The van der Waals surface area contributed by atoms with Gasteiger partial charge in [0.2, 0.25) is 5.88 Å². The van der Waals surface area contributed by atoms with Gasteiger partial charge in [0.1, 0.15) is 5.75 Å². The predicted octanol–water partition coefficient (Wildman–Crippen LogP) is 4.15. The van der Waals surface area contributed by atoms with Crippen molar-refractivity contribution >= 4 is 15.9 Å². The van der Waals surface area contributed by atoms with Crippen molar-refractivity contribution in [2.24, 2.45) is 0 Å². The van der Waals surface area contributed by atoms with Crippen LogP contribution in [-0.4, -0.2) is 16.7 Å². The normalized spacial score (nSPS) is 10.7. The summed E-state index contributed by atoms with van der Waals surface area (Å²) >= 11 is 3.55. The van der Waals surface area contributed by atoms with Crippen LogP contribution in [0.4, 0.5) is 0 Å². The Labute approximate surface area is 134 Å². The highest BCUT2D eigenvalue weighted by molar-refractivity contribution is 9.10. The van der Waals surface area contributed by atoms with Gasteiger partial charge in [0.05, 0.1) is 5.69 Å². The van der Waals surface area contributed by atoms with Gasteiger partial charge in [0.25, 0.3) is 0 Å². The topological polar surface area (TPSA) is 47.0 Å². The van der Waals surface area contributed by atoms with E-state index < -0.39 is 0 Å². The van der Waals surface area contributed by atoms with Gasteiger partial charge < -0.3 is 10.1 Å². The van der Waals surface area contributed by atoms with Gasteiger partial charge in [-0.15, -0.1) is 5.10 Å². The second kappa shape index (κ2) is 7.52. The molecule has 0 unspecified atom stereocenters. The standard InChI is InChI=1S/C16H20BrN3O/c1-4-7-18-10-13-5-6-15(20-19-13)21-14-8-11(2)16(17)12(3)9-14/h5-6,8-9,18H,4,7,10H2,1-3H3. The molecule has 0 bridgehead atoms. The summed E-state index contributed by atoms with van der Waals surface area (Å²) in [5, 5.41) is 11.6. The summed E-state index contributed by atoms with van der Waals surface area (Å²) in [5.74, 6) is 1.29. The highest BCUT2D eigenvalue weighted by Gasteiger charge is 2.05. The first kappa shape index (κ1) is 15.9. The van der Waals surface area contributed by atoms with Crippen molar-refractivity contribution in [3.05, 3.63) is 45.6 Å². The number of aromatic nitrogens is 2. The number of rotatable bonds is 6. The molecule has 5 heteroatoms. The Balaban J connectivity index is 2.03. The van der Waals surface area contributed by atoms with Crippen LogP contribution in [0.5, 0.6) is 11.6 Å². The lowest BCUT2D eigenvalue weighted by Crippen LogP contribution is -2.15. The SMILES string of the molecule is CCCNCc1ccc(Oc2cc(C)c(Br)c(C)c2)nn1. The summed E-state index contributed by atoms with van der Waals surface area (Å²) in [7, 11) is 0. The van der Waals surface area contributed by atoms with E-state index in [4.69, 9.17) is 4.74 Å². The summed E-state index contributed by atoms with van der Waals surface area (Å²) in [6.07, 6.45) is 1.11. The molecule has 1 aromatic carbocycles. The molecule has 2 aromatic rings. The first-order chi connectivity index (χ1) is 10.1. The van der Waals surface area contributed by atoms with Crippen molar-refractivity contribution in [1.82, 2.24) is 15.5 Å². The molecule has 0 atom stereocenters. The van der Waals surface area contributed by atoms with Gasteiger partial charge in [-0.05, 0) is 56.1 Å². The van der Waals surface area contributed by atoms with Gasteiger partial charge in [0, 0.05) is 17.1 Å². The second-order valence-corrected chi connectivity index (χ2v) is 5.81. The van der Waals surface area contributed by atoms with Crippen LogP contribution in [0, 0.1) is 13.8 Å². The molecule has 1 N–H and O–H groups in total. The fraction of sp³-hybridized carbons (Fsp3) is 0.375. The van der Waals surface area contributed by atoms with E-state index in [-0.39, 0.29) is 0 Å². The largest absolute Gasteiger partial charge is 0.438 e. The third-order valence-corrected chi connectivity index (χ3v) is 4.31. The molecule has 112 valence electrons. The number of hydrogen-bond acceptors (Lipinski definition) is 4. The van der Waals surface area contributed by atoms with Crippen molar-refractivity contribution in [3.63, 3.8) is 0 Å². The lowest BCUT2D eigenvalue weighted by molar-refractivity contribution is 0.452. The Hall–Kier alpha value is -1.46. The van der Waals surface area contributed by atoms with Gasteiger partial charge in [-0.2, -0.15) is 5.10 Å². The van der Waals surface area contributed by atoms with Crippen molar-refractivity contribution < 1.29 is 4.74 Å². The molecular weight excluding hydrogens is 330 g/mol. The molecule has 2 rings (SSSR count). The highest BCUT2D eigenvalue weighted by atomic mass is 79.9. The molecule has 1 heterocycles. The fourth-order valence-electron chi connectivity index (χ4n) is 1.98. The molecule has 0 aliphatic carbocycles. The maximum Gasteiger partial charge on any atom is 0.238 e. The molecule has 0 aliphatic rings. The number of benzene rings is 1. The van der Waals surface area contributed by atoms with Crippen LogP contribution in [0.25, 0.3) is 0 Å². The van der Waals surface area contributed by atoms with Gasteiger partial charge in [0.15, 0.2) is 0 Å². The van der Waals surface area contributed by atoms with E-state index in [2.05, 4.69) is 38.4 Å². The van der Waals surface area contributed by atoms with Crippen LogP contribution >= 0.6 is 15.9 Å². The summed E-state index contributed by atoms with van der Waals surface area (Å²) in [5.41, 5.74) is 3.19. The molecule has 0 spiro atoms. The Morgan fingerprint density at radius 3 is 2.43 bits per heavy atom. The zero-order valence-electron chi connectivity index (χ0n) is 12.6. The van der Waals surface area contributed by atoms with Gasteiger partial charge >= 0.3 is 0 Å². The van der Waals surface area contributed by atoms with E-state index in [1.54, 1.807) is 0 Å². The third kappa shape index (κ3) is 4.51. The Morgan fingerprint density at radius 1 is 1.14 bits per heavy atom. The lowest BCUT2D eigenvalue weighted by atomic mass is 10.1. The summed E-state index contributed by atoms with van der Waals surface area (Å²) in [6, 6.07) is 7.75. The molecular formula is C16H20BrN3O. The van der Waals surface area contributed by atoms with Crippen LogP contribution in [0.15, 0.2) is 28.7 Å². The van der Waals surface area contributed by atoms with Crippen LogP contribution in [0.2, 0.25) is 0 Å². The Bertz CT molecular complexity index is 576. The number of nitrogens with zero attached hydrogens (tertiary/aromatic N) is 2. The van der Waals surface area contributed by atoms with Crippen LogP contribution < -0.4 is 10.1 Å². The Kier molecular flexibility index (Phi) is 5.70. The lowest BCUT2D eigenvalue weighted by Gasteiger charge is -2.09. The first-order valence-electron chi connectivity index (χ1n) is 7.08. The molecule has 21 heavy (non-hydrogen) atoms. The van der Waals surface area contributed by atoms with E-state index in [1.807, 2.05) is 38.1 Å². The van der Waals surface area contributed by atoms with Gasteiger partial charge in [-0.25, -0.2) is 0 Å². The van der Waals surface area contributed by atoms with Gasteiger partial charge in [-0.3, -0.25) is 0 Å². The maximum absolute atomic E-state index is 5.76. The van der Waals surface area contributed by atoms with Crippen molar-refractivity contribution in [3.8, 4) is 11.6 Å². The minimum atomic E-state index is 0.510. The van der Waals surface area contributed by atoms with E-state index in [0.29, 0.717) is 5.88 Å². The first-order valence-corrected chi connectivity index (χ1v) is 7.87. The van der Waals surface area contributed by atoms with Crippen molar-refractivity contribution in [1.29, 1.82) is 0 Å². The van der Waals surface area contributed by atoms with Crippen LogP contribution in [0.3, 0.4) is 0 Å². The van der Waals surface area contributed by atoms with Crippen molar-refractivity contribution in [2.45, 2.75) is 33.7 Å². The summed E-state index contributed by atoms with van der Waals surface area (Å²) in [6.45, 7) is 7.93. The van der Waals surface area contributed by atoms with E-state index in [1.165, 1.54) is 0 Å². The predicted molar refractivity (Wildman–Crippen MR) is 87.7 cm³/mol. The van der Waals surface area contributed by atoms with E-state index >= 15 is 0 Å². The second-order valence-electron chi connectivity index (χ2n) is 5.01. The minimum absolute atomic E-state index is 0.510. The molecule has 0 radical (unpaired) electrons. The number of nitrogens with one attached hydrogen (secondary N) is 1. The van der Waals surface area contributed by atoms with E-state index in [0.717, 1.165) is 46.6 Å². The average Bonchev–Trinajstić information content (AvgIpc) is 2.47. The quantitative estimate of drug-likeness (QED) is 0.795. The van der Waals surface area contributed by atoms with E-state index in [9.17, 15) is 0 Å². The smallest absolute Gasteiger partial charge is 0.238 e. The molecule has 0 aliphatic heterocycles. The molecule has 0 saturated carbocycles. The molecule has 0 amide bonds. The molecule has 0 fully saturated rings. The summed E-state index contributed by atoms with van der Waals surface area (Å²) < 4.78 is 6.87. The number of ether oxygens (including phenoxy) is 1. The zero-order chi connectivity index (χ0) is 15.2. The number of aryl methyl sites for hydroxylation is 2. The molecule has 0 saturated heterocycles. The zero-order valence-corrected chi connectivity index (χ0v) is 14.2.